The SMILES string of the molecule is COC(=O)CC(NC(=O)c1cccc2c1CCCC2)c1ccccc1. The minimum Gasteiger partial charge on any atom is -0.469 e. The van der Waals surface area contributed by atoms with E-state index >= 15 is 0 Å². The van der Waals surface area contributed by atoms with Gasteiger partial charge < -0.3 is 10.1 Å². The highest BCUT2D eigenvalue weighted by Crippen LogP contribution is 2.25. The summed E-state index contributed by atoms with van der Waals surface area (Å²) in [5.74, 6) is -0.472. The lowest BCUT2D eigenvalue weighted by molar-refractivity contribution is -0.141. The van der Waals surface area contributed by atoms with Gasteiger partial charge in [0.2, 0.25) is 0 Å². The Hall–Kier alpha value is -2.62. The van der Waals surface area contributed by atoms with Gasteiger partial charge in [-0.15, -0.1) is 0 Å². The molecule has 3 rings (SSSR count). The molecule has 2 aromatic rings. The van der Waals surface area contributed by atoms with Crippen LogP contribution in [0.3, 0.4) is 0 Å². The van der Waals surface area contributed by atoms with Crippen LogP contribution < -0.4 is 5.32 Å². The van der Waals surface area contributed by atoms with E-state index < -0.39 is 6.04 Å². The van der Waals surface area contributed by atoms with Gasteiger partial charge in [-0.3, -0.25) is 9.59 Å². The van der Waals surface area contributed by atoms with Gasteiger partial charge in [-0.2, -0.15) is 0 Å². The average molecular weight is 337 g/mol. The summed E-state index contributed by atoms with van der Waals surface area (Å²) in [6.45, 7) is 0. The quantitative estimate of drug-likeness (QED) is 0.848. The predicted molar refractivity (Wildman–Crippen MR) is 96.4 cm³/mol. The van der Waals surface area contributed by atoms with Crippen LogP contribution in [0.4, 0.5) is 0 Å². The van der Waals surface area contributed by atoms with Gasteiger partial charge in [0, 0.05) is 5.56 Å². The molecule has 0 heterocycles. The van der Waals surface area contributed by atoms with Crippen molar-refractivity contribution in [3.8, 4) is 0 Å². The number of fused-ring (bicyclic) bond motifs is 1. The van der Waals surface area contributed by atoms with Crippen LogP contribution in [0.1, 0.15) is 52.4 Å². The lowest BCUT2D eigenvalue weighted by Crippen LogP contribution is -2.31. The molecule has 1 aliphatic rings. The Morgan fingerprint density at radius 1 is 1.04 bits per heavy atom. The number of amides is 1. The summed E-state index contributed by atoms with van der Waals surface area (Å²) < 4.78 is 4.79. The zero-order valence-electron chi connectivity index (χ0n) is 14.5. The highest BCUT2D eigenvalue weighted by molar-refractivity contribution is 5.96. The molecule has 0 aromatic heterocycles. The van der Waals surface area contributed by atoms with E-state index in [-0.39, 0.29) is 18.3 Å². The zero-order chi connectivity index (χ0) is 17.6. The number of methoxy groups -OCH3 is 1. The molecule has 25 heavy (non-hydrogen) atoms. The lowest BCUT2D eigenvalue weighted by atomic mass is 9.88. The number of carbonyl (C=O) groups is 2. The number of carbonyl (C=O) groups excluding carboxylic acids is 2. The maximum absolute atomic E-state index is 12.9. The molecule has 0 bridgehead atoms. The van der Waals surface area contributed by atoms with Crippen LogP contribution in [0.2, 0.25) is 0 Å². The second-order valence-electron chi connectivity index (χ2n) is 6.37. The fraction of sp³-hybridized carbons (Fsp3) is 0.333. The molecule has 1 N–H and O–H groups in total. The fourth-order valence-electron chi connectivity index (χ4n) is 3.42. The molecule has 0 fully saturated rings. The first kappa shape index (κ1) is 17.2. The molecule has 1 aliphatic carbocycles. The van der Waals surface area contributed by atoms with Crippen molar-refractivity contribution in [1.82, 2.24) is 5.32 Å². The summed E-state index contributed by atoms with van der Waals surface area (Å²) in [6.07, 6.45) is 4.36. The fourth-order valence-corrected chi connectivity index (χ4v) is 3.42. The van der Waals surface area contributed by atoms with Crippen LogP contribution in [-0.4, -0.2) is 19.0 Å². The van der Waals surface area contributed by atoms with E-state index in [1.54, 1.807) is 0 Å². The van der Waals surface area contributed by atoms with Crippen LogP contribution in [0.25, 0.3) is 0 Å². The smallest absolute Gasteiger partial charge is 0.307 e. The van der Waals surface area contributed by atoms with Crippen molar-refractivity contribution in [2.24, 2.45) is 0 Å². The predicted octanol–water partition coefficient (Wildman–Crippen LogP) is 3.60. The normalized spacial score (nSPS) is 14.3. The van der Waals surface area contributed by atoms with E-state index in [0.717, 1.165) is 36.0 Å². The number of rotatable bonds is 5. The summed E-state index contributed by atoms with van der Waals surface area (Å²) >= 11 is 0. The van der Waals surface area contributed by atoms with Crippen molar-refractivity contribution in [3.63, 3.8) is 0 Å². The van der Waals surface area contributed by atoms with Crippen molar-refractivity contribution in [3.05, 3.63) is 70.8 Å². The Kier molecular flexibility index (Phi) is 5.49. The minimum atomic E-state index is -0.402. The van der Waals surface area contributed by atoms with Crippen molar-refractivity contribution >= 4 is 11.9 Å². The van der Waals surface area contributed by atoms with Gasteiger partial charge in [0.15, 0.2) is 0 Å². The third-order valence-corrected chi connectivity index (χ3v) is 4.75. The molecule has 130 valence electrons. The van der Waals surface area contributed by atoms with Crippen LogP contribution in [0.15, 0.2) is 48.5 Å². The maximum Gasteiger partial charge on any atom is 0.307 e. The van der Waals surface area contributed by atoms with Gasteiger partial charge in [-0.25, -0.2) is 0 Å². The molecule has 0 spiro atoms. The third-order valence-electron chi connectivity index (χ3n) is 4.75. The van der Waals surface area contributed by atoms with E-state index in [9.17, 15) is 9.59 Å². The van der Waals surface area contributed by atoms with E-state index in [1.807, 2.05) is 42.5 Å². The highest BCUT2D eigenvalue weighted by Gasteiger charge is 2.22. The molecule has 1 atom stereocenters. The Balaban J connectivity index is 1.84. The number of hydrogen-bond acceptors (Lipinski definition) is 3. The van der Waals surface area contributed by atoms with Crippen molar-refractivity contribution < 1.29 is 14.3 Å². The zero-order valence-corrected chi connectivity index (χ0v) is 14.5. The third kappa shape index (κ3) is 4.08. The molecule has 1 amide bonds. The van der Waals surface area contributed by atoms with Gasteiger partial charge in [-0.05, 0) is 48.4 Å². The molecular formula is C21H23NO3. The number of hydrogen-bond donors (Lipinski definition) is 1. The van der Waals surface area contributed by atoms with Crippen LogP contribution in [0, 0.1) is 0 Å². The topological polar surface area (TPSA) is 55.4 Å². The van der Waals surface area contributed by atoms with E-state index in [2.05, 4.69) is 11.4 Å². The van der Waals surface area contributed by atoms with Crippen LogP contribution >= 0.6 is 0 Å². The first-order valence-corrected chi connectivity index (χ1v) is 8.72. The molecule has 2 aromatic carbocycles. The Morgan fingerprint density at radius 3 is 2.56 bits per heavy atom. The second-order valence-corrected chi connectivity index (χ2v) is 6.37. The first-order chi connectivity index (χ1) is 12.2. The van der Waals surface area contributed by atoms with Gasteiger partial charge in [-0.1, -0.05) is 42.5 Å². The monoisotopic (exact) mass is 337 g/mol. The Bertz CT molecular complexity index is 755. The number of ether oxygens (including phenoxy) is 1. The molecule has 4 heteroatoms. The Morgan fingerprint density at radius 2 is 1.80 bits per heavy atom. The highest BCUT2D eigenvalue weighted by atomic mass is 16.5. The van der Waals surface area contributed by atoms with E-state index in [4.69, 9.17) is 4.74 Å². The maximum atomic E-state index is 12.9. The summed E-state index contributed by atoms with van der Waals surface area (Å²) in [5, 5.41) is 3.03. The molecule has 0 radical (unpaired) electrons. The largest absolute Gasteiger partial charge is 0.469 e. The molecule has 4 nitrogen and oxygen atoms in total. The number of benzene rings is 2. The number of aryl methyl sites for hydroxylation is 1. The molecule has 1 unspecified atom stereocenters. The summed E-state index contributed by atoms with van der Waals surface area (Å²) in [7, 11) is 1.36. The molecular weight excluding hydrogens is 314 g/mol. The first-order valence-electron chi connectivity index (χ1n) is 8.72. The van der Waals surface area contributed by atoms with E-state index in [1.165, 1.54) is 19.1 Å². The van der Waals surface area contributed by atoms with Crippen LogP contribution in [0.5, 0.6) is 0 Å². The minimum absolute atomic E-state index is 0.112. The average Bonchev–Trinajstić information content (AvgIpc) is 2.67. The van der Waals surface area contributed by atoms with Crippen molar-refractivity contribution in [2.75, 3.05) is 7.11 Å². The summed E-state index contributed by atoms with van der Waals surface area (Å²) in [4.78, 5) is 24.7. The second kappa shape index (κ2) is 7.97. The number of esters is 1. The van der Waals surface area contributed by atoms with Gasteiger partial charge in [0.25, 0.3) is 5.91 Å². The van der Waals surface area contributed by atoms with Crippen molar-refractivity contribution in [2.45, 2.75) is 38.1 Å². The van der Waals surface area contributed by atoms with Gasteiger partial charge in [0.05, 0.1) is 19.6 Å². The molecule has 0 saturated carbocycles. The molecule has 0 saturated heterocycles. The molecule has 0 aliphatic heterocycles. The Labute approximate surface area is 148 Å². The number of nitrogens with one attached hydrogen (secondary N) is 1. The van der Waals surface area contributed by atoms with E-state index in [0.29, 0.717) is 0 Å². The summed E-state index contributed by atoms with van der Waals surface area (Å²) in [5.41, 5.74) is 4.04. The van der Waals surface area contributed by atoms with Crippen LogP contribution in [-0.2, 0) is 22.4 Å². The summed E-state index contributed by atoms with van der Waals surface area (Å²) in [6, 6.07) is 15.1. The standard InChI is InChI=1S/C21H23NO3/c1-25-20(23)14-19(16-9-3-2-4-10-16)22-21(24)18-13-7-11-15-8-5-6-12-17(15)18/h2-4,7,9-11,13,19H,5-6,8,12,14H2,1H3,(H,22,24). The lowest BCUT2D eigenvalue weighted by Gasteiger charge is -2.22. The van der Waals surface area contributed by atoms with Gasteiger partial charge >= 0.3 is 5.97 Å². The van der Waals surface area contributed by atoms with Crippen molar-refractivity contribution in [1.29, 1.82) is 0 Å². The van der Waals surface area contributed by atoms with Gasteiger partial charge in [0.1, 0.15) is 0 Å².